The SMILES string of the molecule is C[C@H]1CO[C@](Cl)(I)[C@@H](C)C1. The Morgan fingerprint density at radius 1 is 1.60 bits per heavy atom. The summed E-state index contributed by atoms with van der Waals surface area (Å²) in [5, 5.41) is 0. The van der Waals surface area contributed by atoms with Crippen LogP contribution in [0.4, 0.5) is 0 Å². The minimum absolute atomic E-state index is 0.440. The first-order valence-electron chi connectivity index (χ1n) is 3.54. The van der Waals surface area contributed by atoms with Gasteiger partial charge in [-0.1, -0.05) is 25.4 Å². The molecule has 60 valence electrons. The van der Waals surface area contributed by atoms with Crippen molar-refractivity contribution in [1.82, 2.24) is 0 Å². The fourth-order valence-electron chi connectivity index (χ4n) is 1.20. The first-order valence-corrected chi connectivity index (χ1v) is 5.00. The Morgan fingerprint density at radius 3 is 2.60 bits per heavy atom. The second-order valence-corrected chi connectivity index (χ2v) is 5.92. The lowest BCUT2D eigenvalue weighted by Crippen LogP contribution is -2.35. The van der Waals surface area contributed by atoms with Gasteiger partial charge in [0.05, 0.1) is 6.61 Å². The van der Waals surface area contributed by atoms with E-state index in [0.29, 0.717) is 11.8 Å². The molecule has 0 saturated carbocycles. The summed E-state index contributed by atoms with van der Waals surface area (Å²) in [5.74, 6) is 1.12. The average Bonchev–Trinajstić information content (AvgIpc) is 1.81. The van der Waals surface area contributed by atoms with Crippen LogP contribution in [0.1, 0.15) is 20.3 Å². The second-order valence-electron chi connectivity index (χ2n) is 3.11. The van der Waals surface area contributed by atoms with Crippen molar-refractivity contribution in [3.63, 3.8) is 0 Å². The molecule has 0 aromatic rings. The highest BCUT2D eigenvalue weighted by Gasteiger charge is 2.36. The lowest BCUT2D eigenvalue weighted by atomic mass is 9.96. The summed E-state index contributed by atoms with van der Waals surface area (Å²) in [6.07, 6.45) is 1.17. The van der Waals surface area contributed by atoms with Crippen molar-refractivity contribution in [2.45, 2.75) is 23.3 Å². The van der Waals surface area contributed by atoms with E-state index in [4.69, 9.17) is 16.3 Å². The van der Waals surface area contributed by atoms with Crippen LogP contribution >= 0.6 is 34.2 Å². The molecule has 1 fully saturated rings. The Morgan fingerprint density at radius 2 is 2.20 bits per heavy atom. The fourth-order valence-corrected chi connectivity index (χ4v) is 1.79. The molecule has 1 nitrogen and oxygen atoms in total. The molecule has 1 aliphatic rings. The molecule has 0 bridgehead atoms. The summed E-state index contributed by atoms with van der Waals surface area (Å²) in [6.45, 7) is 5.13. The van der Waals surface area contributed by atoms with Gasteiger partial charge in [-0.2, -0.15) is 0 Å². The Bertz CT molecular complexity index is 127. The van der Waals surface area contributed by atoms with Gasteiger partial charge < -0.3 is 4.74 Å². The average molecular weight is 275 g/mol. The maximum absolute atomic E-state index is 6.05. The minimum atomic E-state index is -0.440. The Balaban J connectivity index is 2.52. The molecule has 0 radical (unpaired) electrons. The van der Waals surface area contributed by atoms with Gasteiger partial charge in [0.2, 0.25) is 0 Å². The highest BCUT2D eigenvalue weighted by molar-refractivity contribution is 14.1. The zero-order chi connectivity index (χ0) is 7.78. The van der Waals surface area contributed by atoms with Gasteiger partial charge in [-0.15, -0.1) is 0 Å². The number of halogens is 2. The third-order valence-electron chi connectivity index (χ3n) is 1.89. The van der Waals surface area contributed by atoms with Gasteiger partial charge in [-0.25, -0.2) is 0 Å². The third kappa shape index (κ3) is 1.98. The first kappa shape index (κ1) is 9.07. The molecule has 1 heterocycles. The van der Waals surface area contributed by atoms with Crippen molar-refractivity contribution in [2.75, 3.05) is 6.61 Å². The molecule has 3 atom stereocenters. The Kier molecular flexibility index (Phi) is 2.86. The van der Waals surface area contributed by atoms with E-state index in [2.05, 4.69) is 36.4 Å². The van der Waals surface area contributed by atoms with Crippen molar-refractivity contribution in [2.24, 2.45) is 11.8 Å². The van der Waals surface area contributed by atoms with Crippen molar-refractivity contribution < 1.29 is 4.74 Å². The van der Waals surface area contributed by atoms with Crippen molar-refractivity contribution in [1.29, 1.82) is 0 Å². The van der Waals surface area contributed by atoms with Crippen LogP contribution in [-0.2, 0) is 4.74 Å². The Labute approximate surface area is 80.6 Å². The first-order chi connectivity index (χ1) is 4.52. The van der Waals surface area contributed by atoms with Gasteiger partial charge in [0, 0.05) is 5.92 Å². The molecule has 0 unspecified atom stereocenters. The van der Waals surface area contributed by atoms with Crippen LogP contribution in [0.25, 0.3) is 0 Å². The summed E-state index contributed by atoms with van der Waals surface area (Å²) in [6, 6.07) is 0. The van der Waals surface area contributed by atoms with Crippen LogP contribution in [-0.4, -0.2) is 9.67 Å². The number of alkyl halides is 2. The normalized spacial score (nSPS) is 49.2. The van der Waals surface area contributed by atoms with Crippen LogP contribution in [0.3, 0.4) is 0 Å². The van der Waals surface area contributed by atoms with Gasteiger partial charge in [-0.05, 0) is 34.9 Å². The molecular formula is C7H12ClIO. The zero-order valence-corrected chi connectivity index (χ0v) is 9.15. The minimum Gasteiger partial charge on any atom is -0.350 e. The van der Waals surface area contributed by atoms with E-state index in [-0.39, 0.29) is 0 Å². The van der Waals surface area contributed by atoms with Crippen molar-refractivity contribution >= 4 is 34.2 Å². The number of ether oxygens (including phenoxy) is 1. The molecule has 0 N–H and O–H groups in total. The van der Waals surface area contributed by atoms with Crippen molar-refractivity contribution in [3.05, 3.63) is 0 Å². The zero-order valence-electron chi connectivity index (χ0n) is 6.23. The van der Waals surface area contributed by atoms with E-state index in [9.17, 15) is 0 Å². The maximum atomic E-state index is 6.05. The highest BCUT2D eigenvalue weighted by atomic mass is 127. The quantitative estimate of drug-likeness (QED) is 0.487. The molecular weight excluding hydrogens is 262 g/mol. The van der Waals surface area contributed by atoms with E-state index in [1.807, 2.05) is 0 Å². The monoisotopic (exact) mass is 274 g/mol. The smallest absolute Gasteiger partial charge is 0.195 e. The molecule has 1 saturated heterocycles. The molecule has 1 aliphatic heterocycles. The molecule has 10 heavy (non-hydrogen) atoms. The summed E-state index contributed by atoms with van der Waals surface area (Å²) >= 11 is 8.22. The largest absolute Gasteiger partial charge is 0.350 e. The van der Waals surface area contributed by atoms with Crippen LogP contribution in [0, 0.1) is 11.8 Å². The third-order valence-corrected chi connectivity index (χ3v) is 3.75. The summed E-state index contributed by atoms with van der Waals surface area (Å²) in [4.78, 5) is 0. The van der Waals surface area contributed by atoms with E-state index in [1.165, 1.54) is 6.42 Å². The summed E-state index contributed by atoms with van der Waals surface area (Å²) in [5.41, 5.74) is 0. The molecule has 0 spiro atoms. The predicted octanol–water partition coefficient (Wildman–Crippen LogP) is 3.01. The van der Waals surface area contributed by atoms with E-state index in [1.54, 1.807) is 0 Å². The molecule has 0 aromatic heterocycles. The topological polar surface area (TPSA) is 9.23 Å². The van der Waals surface area contributed by atoms with Crippen LogP contribution < -0.4 is 0 Å². The van der Waals surface area contributed by atoms with Gasteiger partial charge in [0.15, 0.2) is 3.07 Å². The number of hydrogen-bond acceptors (Lipinski definition) is 1. The fraction of sp³-hybridized carbons (Fsp3) is 1.00. The van der Waals surface area contributed by atoms with Crippen molar-refractivity contribution in [3.8, 4) is 0 Å². The Hall–Kier alpha value is 0.980. The second kappa shape index (κ2) is 3.15. The highest BCUT2D eigenvalue weighted by Crippen LogP contribution is 2.41. The van der Waals surface area contributed by atoms with Gasteiger partial charge >= 0.3 is 0 Å². The lowest BCUT2D eigenvalue weighted by Gasteiger charge is -2.35. The van der Waals surface area contributed by atoms with Gasteiger partial charge in [-0.3, -0.25) is 0 Å². The molecule has 0 aliphatic carbocycles. The summed E-state index contributed by atoms with van der Waals surface area (Å²) in [7, 11) is 0. The molecule has 0 aromatic carbocycles. The number of hydrogen-bond donors (Lipinski definition) is 0. The molecule has 1 rings (SSSR count). The molecule has 0 amide bonds. The van der Waals surface area contributed by atoms with Crippen LogP contribution in [0.5, 0.6) is 0 Å². The lowest BCUT2D eigenvalue weighted by molar-refractivity contribution is -0.0101. The van der Waals surface area contributed by atoms with Crippen LogP contribution in [0.2, 0.25) is 0 Å². The van der Waals surface area contributed by atoms with Crippen LogP contribution in [0.15, 0.2) is 0 Å². The summed E-state index contributed by atoms with van der Waals surface area (Å²) < 4.78 is 5.00. The predicted molar refractivity (Wildman–Crippen MR) is 51.5 cm³/mol. The number of rotatable bonds is 0. The van der Waals surface area contributed by atoms with E-state index in [0.717, 1.165) is 6.61 Å². The van der Waals surface area contributed by atoms with Gasteiger partial charge in [0.1, 0.15) is 0 Å². The molecule has 3 heteroatoms. The van der Waals surface area contributed by atoms with E-state index >= 15 is 0 Å². The maximum Gasteiger partial charge on any atom is 0.195 e. The van der Waals surface area contributed by atoms with E-state index < -0.39 is 3.07 Å². The van der Waals surface area contributed by atoms with Gasteiger partial charge in [0.25, 0.3) is 0 Å². The standard InChI is InChI=1S/C7H12ClIO/c1-5-3-6(2)7(8,9)10-4-5/h5-6H,3-4H2,1-2H3/t5-,6+,7-/m1/s1.